The standard InChI is InChI=1S/C35H54O9/c1-31(2)12-9-18-19(15-31)20-7-8-23-32(3)13-11-24(43-30-27(40)25(38)26(39)28(44-30)29(41)42)33(4,17-36)22(32)10-14-34(23,5)35(20,6)16-21(18)37/h7,18-19,22-28,30,36,38-40H,8-17H2,1-6H3,(H,41,42)/t18-,19+,22+,23+,24-,25-,26-,27+,28-,30+,32-,33+,34+,35+/m0/s1. The average molecular weight is 619 g/mol. The average Bonchev–Trinajstić information content (AvgIpc) is 2.94. The summed E-state index contributed by atoms with van der Waals surface area (Å²) in [6, 6.07) is 0. The molecule has 0 aromatic heterocycles. The van der Waals surface area contributed by atoms with Crippen LogP contribution in [0.2, 0.25) is 0 Å². The summed E-state index contributed by atoms with van der Waals surface area (Å²) in [6.07, 6.45) is 1.46. The van der Waals surface area contributed by atoms with Crippen molar-refractivity contribution >= 4 is 11.8 Å². The lowest BCUT2D eigenvalue weighted by molar-refractivity contribution is -0.327. The van der Waals surface area contributed by atoms with Gasteiger partial charge in [0.15, 0.2) is 12.4 Å². The van der Waals surface area contributed by atoms with Gasteiger partial charge in [-0.25, -0.2) is 4.79 Å². The van der Waals surface area contributed by atoms with Crippen LogP contribution in [0.5, 0.6) is 0 Å². The zero-order valence-corrected chi connectivity index (χ0v) is 27.3. The van der Waals surface area contributed by atoms with Crippen LogP contribution in [0, 0.1) is 50.7 Å². The Morgan fingerprint density at radius 2 is 1.64 bits per heavy atom. The van der Waals surface area contributed by atoms with Crippen molar-refractivity contribution in [3.8, 4) is 0 Å². The molecule has 1 aliphatic heterocycles. The summed E-state index contributed by atoms with van der Waals surface area (Å²) in [7, 11) is 0. The molecule has 1 heterocycles. The van der Waals surface area contributed by atoms with Gasteiger partial charge in [0.25, 0.3) is 0 Å². The summed E-state index contributed by atoms with van der Waals surface area (Å²) in [5.41, 5.74) is 0.607. The van der Waals surface area contributed by atoms with Gasteiger partial charge >= 0.3 is 5.97 Å². The fraction of sp³-hybridized carbons (Fsp3) is 0.886. The number of Topliss-reactive ketones (excluding diaryl/α,β-unsaturated/α-hetero) is 1. The molecule has 4 saturated carbocycles. The van der Waals surface area contributed by atoms with Gasteiger partial charge in [0, 0.05) is 23.2 Å². The van der Waals surface area contributed by atoms with E-state index in [4.69, 9.17) is 9.47 Å². The third-order valence-electron chi connectivity index (χ3n) is 14.4. The minimum absolute atomic E-state index is 0.0718. The van der Waals surface area contributed by atoms with Gasteiger partial charge in [-0.1, -0.05) is 53.2 Å². The first kappa shape index (κ1) is 32.6. The number of ether oxygens (including phenoxy) is 2. The van der Waals surface area contributed by atoms with Gasteiger partial charge in [0.2, 0.25) is 0 Å². The highest BCUT2D eigenvalue weighted by atomic mass is 16.7. The van der Waals surface area contributed by atoms with Crippen LogP contribution in [-0.4, -0.2) is 80.7 Å². The summed E-state index contributed by atoms with van der Waals surface area (Å²) < 4.78 is 11.8. The number of carbonyl (C=O) groups is 2. The van der Waals surface area contributed by atoms with Crippen molar-refractivity contribution < 1.29 is 44.6 Å². The molecule has 0 bridgehead atoms. The van der Waals surface area contributed by atoms with Crippen LogP contribution >= 0.6 is 0 Å². The molecule has 0 unspecified atom stereocenters. The largest absolute Gasteiger partial charge is 0.479 e. The lowest BCUT2D eigenvalue weighted by Crippen LogP contribution is -2.67. The van der Waals surface area contributed by atoms with Crippen LogP contribution in [0.15, 0.2) is 11.6 Å². The lowest BCUT2D eigenvalue weighted by Gasteiger charge is -2.70. The van der Waals surface area contributed by atoms with E-state index in [1.807, 2.05) is 6.92 Å². The second-order valence-corrected chi connectivity index (χ2v) is 17.1. The topological polar surface area (TPSA) is 154 Å². The third kappa shape index (κ3) is 4.46. The third-order valence-corrected chi connectivity index (χ3v) is 14.4. The Balaban J connectivity index is 1.30. The number of hydrogen-bond acceptors (Lipinski definition) is 8. The van der Waals surface area contributed by atoms with Gasteiger partial charge in [-0.2, -0.15) is 0 Å². The Morgan fingerprint density at radius 1 is 0.932 bits per heavy atom. The summed E-state index contributed by atoms with van der Waals surface area (Å²) in [4.78, 5) is 25.5. The van der Waals surface area contributed by atoms with E-state index in [1.165, 1.54) is 5.57 Å². The molecular weight excluding hydrogens is 564 g/mol. The zero-order chi connectivity index (χ0) is 32.2. The van der Waals surface area contributed by atoms with Gasteiger partial charge in [0.05, 0.1) is 12.7 Å². The van der Waals surface area contributed by atoms with E-state index in [0.29, 0.717) is 30.5 Å². The molecule has 1 saturated heterocycles. The highest BCUT2D eigenvalue weighted by Gasteiger charge is 2.69. The van der Waals surface area contributed by atoms with Crippen LogP contribution in [0.25, 0.3) is 0 Å². The normalized spacial score (nSPS) is 53.4. The summed E-state index contributed by atoms with van der Waals surface area (Å²) in [5, 5.41) is 51.7. The van der Waals surface area contributed by atoms with Crippen molar-refractivity contribution in [1.29, 1.82) is 0 Å². The monoisotopic (exact) mass is 618 g/mol. The maximum Gasteiger partial charge on any atom is 0.335 e. The molecule has 0 spiro atoms. The zero-order valence-electron chi connectivity index (χ0n) is 27.3. The Labute approximate surface area is 261 Å². The number of ketones is 1. The number of carboxylic acids is 1. The molecule has 0 amide bonds. The fourth-order valence-electron chi connectivity index (χ4n) is 11.7. The number of aliphatic carboxylic acids is 1. The first-order valence-corrected chi connectivity index (χ1v) is 16.9. The Kier molecular flexibility index (Phi) is 7.83. The van der Waals surface area contributed by atoms with Crippen molar-refractivity contribution in [3.05, 3.63) is 11.6 Å². The van der Waals surface area contributed by atoms with Gasteiger partial charge in [-0.05, 0) is 85.4 Å². The Morgan fingerprint density at radius 3 is 2.30 bits per heavy atom. The van der Waals surface area contributed by atoms with Crippen molar-refractivity contribution in [3.63, 3.8) is 0 Å². The smallest absolute Gasteiger partial charge is 0.335 e. The van der Waals surface area contributed by atoms with E-state index in [9.17, 15) is 35.1 Å². The maximum absolute atomic E-state index is 13.8. The number of carbonyl (C=O) groups excluding carboxylic acids is 1. The highest BCUT2D eigenvalue weighted by molar-refractivity contribution is 5.85. The van der Waals surface area contributed by atoms with Crippen molar-refractivity contribution in [1.82, 2.24) is 0 Å². The minimum atomic E-state index is -1.79. The Bertz CT molecular complexity index is 1210. The number of rotatable bonds is 4. The Hall–Kier alpha value is -1.36. The number of hydrogen-bond donors (Lipinski definition) is 5. The number of fused-ring (bicyclic) bond motifs is 7. The van der Waals surface area contributed by atoms with E-state index < -0.39 is 48.2 Å². The quantitative estimate of drug-likeness (QED) is 0.234. The molecule has 248 valence electrons. The van der Waals surface area contributed by atoms with E-state index in [0.717, 1.165) is 44.9 Å². The van der Waals surface area contributed by atoms with Crippen LogP contribution in [-0.2, 0) is 19.1 Å². The van der Waals surface area contributed by atoms with E-state index >= 15 is 0 Å². The van der Waals surface area contributed by atoms with Crippen LogP contribution in [0.1, 0.15) is 99.3 Å². The molecule has 9 nitrogen and oxygen atoms in total. The van der Waals surface area contributed by atoms with Crippen LogP contribution < -0.4 is 0 Å². The summed E-state index contributed by atoms with van der Waals surface area (Å²) in [6.45, 7) is 13.7. The van der Waals surface area contributed by atoms with Crippen molar-refractivity contribution in [2.75, 3.05) is 6.61 Å². The van der Waals surface area contributed by atoms with E-state index in [-0.39, 0.29) is 40.1 Å². The predicted octanol–water partition coefficient (Wildman–Crippen LogP) is 3.85. The first-order chi connectivity index (χ1) is 20.4. The second-order valence-electron chi connectivity index (χ2n) is 17.1. The highest BCUT2D eigenvalue weighted by Crippen LogP contribution is 2.74. The molecule has 0 aromatic carbocycles. The number of allylic oxidation sites excluding steroid dienone is 2. The lowest BCUT2D eigenvalue weighted by atomic mass is 9.34. The molecule has 5 aliphatic carbocycles. The van der Waals surface area contributed by atoms with Gasteiger partial charge < -0.3 is 35.0 Å². The van der Waals surface area contributed by atoms with Gasteiger partial charge in [-0.15, -0.1) is 0 Å². The molecule has 9 heteroatoms. The van der Waals surface area contributed by atoms with E-state index in [1.54, 1.807) is 0 Å². The number of aliphatic hydroxyl groups excluding tert-OH is 4. The molecule has 5 fully saturated rings. The number of aliphatic hydroxyl groups is 4. The van der Waals surface area contributed by atoms with Crippen molar-refractivity contribution in [2.45, 2.75) is 136 Å². The molecule has 0 radical (unpaired) electrons. The van der Waals surface area contributed by atoms with E-state index in [2.05, 4.69) is 40.7 Å². The first-order valence-electron chi connectivity index (χ1n) is 16.9. The molecule has 0 aromatic rings. The second kappa shape index (κ2) is 10.6. The molecule has 6 aliphatic rings. The summed E-state index contributed by atoms with van der Waals surface area (Å²) in [5.74, 6) is -0.160. The maximum atomic E-state index is 13.8. The van der Waals surface area contributed by atoms with Crippen LogP contribution in [0.4, 0.5) is 0 Å². The van der Waals surface area contributed by atoms with Gasteiger partial charge in [-0.3, -0.25) is 4.79 Å². The molecule has 44 heavy (non-hydrogen) atoms. The molecule has 14 atom stereocenters. The SMILES string of the molecule is CC1(C)CC[C@@H]2C(=O)C[C@]3(C)C(=CC[C@@H]4[C@@]5(C)CC[C@H](O[C@@H]6O[C@H](C(=O)O)[C@@H](O)[C@H](O)[C@H]6O)[C@](C)(CO)[C@@H]5CC[C@]43C)[C@@H]2C1. The number of carboxylic acid groups (broad SMARTS) is 1. The van der Waals surface area contributed by atoms with Gasteiger partial charge in [0.1, 0.15) is 24.1 Å². The molecule has 5 N–H and O–H groups in total. The minimum Gasteiger partial charge on any atom is -0.479 e. The van der Waals surface area contributed by atoms with Crippen LogP contribution in [0.3, 0.4) is 0 Å². The summed E-state index contributed by atoms with van der Waals surface area (Å²) >= 11 is 0. The predicted molar refractivity (Wildman–Crippen MR) is 161 cm³/mol. The molecule has 6 rings (SSSR count). The molecular formula is C35H54O9. The fourth-order valence-corrected chi connectivity index (χ4v) is 11.7. The van der Waals surface area contributed by atoms with Crippen molar-refractivity contribution in [2.24, 2.45) is 50.7 Å².